The van der Waals surface area contributed by atoms with E-state index in [1.54, 1.807) is 11.1 Å². The zero-order valence-corrected chi connectivity index (χ0v) is 27.3. The topological polar surface area (TPSA) is 128 Å². The van der Waals surface area contributed by atoms with E-state index in [0.717, 1.165) is 21.9 Å². The molecule has 1 unspecified atom stereocenters. The minimum atomic E-state index is -1.07. The highest BCUT2D eigenvalue weighted by molar-refractivity contribution is 6.28. The van der Waals surface area contributed by atoms with Crippen LogP contribution in [-0.4, -0.2) is 56.7 Å². The predicted octanol–water partition coefficient (Wildman–Crippen LogP) is 7.17. The van der Waals surface area contributed by atoms with E-state index in [1.165, 1.54) is 0 Å². The van der Waals surface area contributed by atoms with Crippen molar-refractivity contribution in [2.45, 2.75) is 31.8 Å². The number of carbonyl (C=O) groups excluding carboxylic acids is 1. The summed E-state index contributed by atoms with van der Waals surface area (Å²) in [7, 11) is 0. The molecule has 2 atom stereocenters. The van der Waals surface area contributed by atoms with Crippen molar-refractivity contribution in [1.29, 1.82) is 5.26 Å². The van der Waals surface area contributed by atoms with Gasteiger partial charge in [0.25, 0.3) is 0 Å². The number of anilines is 1. The summed E-state index contributed by atoms with van der Waals surface area (Å²) in [6.07, 6.45) is 0.297. The molecule has 4 aromatic carbocycles. The fourth-order valence-electron chi connectivity index (χ4n) is 6.32. The number of fused-ring (bicyclic) bond motifs is 2. The van der Waals surface area contributed by atoms with E-state index in [-0.39, 0.29) is 18.3 Å². The Hall–Kier alpha value is -5.63. The number of halogens is 1. The van der Waals surface area contributed by atoms with Gasteiger partial charge in [0.05, 0.1) is 18.5 Å². The van der Waals surface area contributed by atoms with Crippen LogP contribution in [0.15, 0.2) is 103 Å². The molecule has 2 N–H and O–H groups in total. The molecule has 0 radical (unpaired) electrons. The van der Waals surface area contributed by atoms with Gasteiger partial charge in [-0.2, -0.15) is 10.2 Å². The smallest absolute Gasteiger partial charge is 0.410 e. The molecular weight excluding hydrogens is 640 g/mol. The highest BCUT2D eigenvalue weighted by Gasteiger charge is 2.34. The monoisotopic (exact) mass is 672 g/mol. The van der Waals surface area contributed by atoms with E-state index in [1.807, 2.05) is 102 Å². The number of aromatic amines is 1. The fourth-order valence-corrected chi connectivity index (χ4v) is 6.48. The number of carbonyl (C=O) groups is 1. The van der Waals surface area contributed by atoms with Crippen molar-refractivity contribution in [3.8, 4) is 11.8 Å². The van der Waals surface area contributed by atoms with E-state index in [4.69, 9.17) is 21.1 Å². The Labute approximate surface area is 288 Å². The number of piperazine rings is 1. The molecule has 0 aliphatic carbocycles. The van der Waals surface area contributed by atoms with Crippen molar-refractivity contribution in [3.05, 3.63) is 131 Å². The first-order valence-corrected chi connectivity index (χ1v) is 16.4. The van der Waals surface area contributed by atoms with Gasteiger partial charge in [0, 0.05) is 31.4 Å². The van der Waals surface area contributed by atoms with Crippen molar-refractivity contribution in [2.24, 2.45) is 0 Å². The lowest BCUT2D eigenvalue weighted by Crippen LogP contribution is -2.55. The van der Waals surface area contributed by atoms with Crippen LogP contribution in [0, 0.1) is 11.3 Å². The molecule has 1 fully saturated rings. The summed E-state index contributed by atoms with van der Waals surface area (Å²) in [4.78, 5) is 29.1. The molecule has 0 spiro atoms. The van der Waals surface area contributed by atoms with Gasteiger partial charge in [-0.3, -0.25) is 0 Å². The van der Waals surface area contributed by atoms with Crippen LogP contribution in [0.1, 0.15) is 34.8 Å². The summed E-state index contributed by atoms with van der Waals surface area (Å²) in [5, 5.41) is 23.4. The van der Waals surface area contributed by atoms with Gasteiger partial charge in [0.2, 0.25) is 5.28 Å². The summed E-state index contributed by atoms with van der Waals surface area (Å²) < 4.78 is 11.8. The summed E-state index contributed by atoms with van der Waals surface area (Å²) in [6, 6.07) is 32.8. The molecule has 0 saturated carbocycles. The number of H-pyrrole nitrogens is 1. The first-order chi connectivity index (χ1) is 24.0. The fraction of sp³-hybridized carbons (Fsp3) is 0.211. The second-order valence-electron chi connectivity index (χ2n) is 11.9. The Kier molecular flexibility index (Phi) is 9.28. The van der Waals surface area contributed by atoms with E-state index in [0.29, 0.717) is 60.0 Å². The van der Waals surface area contributed by atoms with E-state index < -0.39 is 18.2 Å². The molecule has 2 aromatic heterocycles. The van der Waals surface area contributed by atoms with Crippen molar-refractivity contribution >= 4 is 45.3 Å². The van der Waals surface area contributed by atoms with E-state index in [2.05, 4.69) is 21.0 Å². The zero-order chi connectivity index (χ0) is 33.7. The van der Waals surface area contributed by atoms with Gasteiger partial charge < -0.3 is 29.4 Å². The molecule has 10 nitrogen and oxygen atoms in total. The molecule has 11 heteroatoms. The van der Waals surface area contributed by atoms with Gasteiger partial charge in [-0.1, -0.05) is 84.9 Å². The third-order valence-corrected chi connectivity index (χ3v) is 8.93. The molecular formula is C38H33ClN6O4. The number of nitrogens with one attached hydrogen (secondary N) is 1. The van der Waals surface area contributed by atoms with Gasteiger partial charge in [0.15, 0.2) is 5.82 Å². The summed E-state index contributed by atoms with van der Waals surface area (Å²) in [6.45, 7) is 1.61. The van der Waals surface area contributed by atoms with Gasteiger partial charge in [-0.15, -0.1) is 0 Å². The normalized spacial score (nSPS) is 15.2. The molecule has 1 aliphatic rings. The van der Waals surface area contributed by atoms with Crippen molar-refractivity contribution in [3.63, 3.8) is 0 Å². The predicted molar refractivity (Wildman–Crippen MR) is 187 cm³/mol. The quantitative estimate of drug-likeness (QED) is 0.155. The lowest BCUT2D eigenvalue weighted by atomic mass is 9.96. The first-order valence-electron chi connectivity index (χ1n) is 16.0. The van der Waals surface area contributed by atoms with Gasteiger partial charge >= 0.3 is 6.09 Å². The average Bonchev–Trinajstić information content (AvgIpc) is 3.56. The largest absolute Gasteiger partial charge is 0.489 e. The molecule has 1 saturated heterocycles. The summed E-state index contributed by atoms with van der Waals surface area (Å²) in [5.41, 5.74) is 4.18. The first kappa shape index (κ1) is 31.9. The van der Waals surface area contributed by atoms with Crippen LogP contribution in [-0.2, 0) is 18.0 Å². The van der Waals surface area contributed by atoms with E-state index >= 15 is 0 Å². The number of hydrogen-bond acceptors (Lipinski definition) is 8. The maximum absolute atomic E-state index is 13.1. The van der Waals surface area contributed by atoms with E-state index in [9.17, 15) is 15.2 Å². The molecule has 0 bridgehead atoms. The average molecular weight is 673 g/mol. The van der Waals surface area contributed by atoms with Crippen molar-refractivity contribution < 1.29 is 19.4 Å². The Bertz CT molecular complexity index is 2140. The van der Waals surface area contributed by atoms with Gasteiger partial charge in [-0.05, 0) is 51.2 Å². The number of benzene rings is 4. The molecule has 6 aromatic rings. The number of aliphatic hydroxyl groups excluding tert-OH is 1. The maximum atomic E-state index is 13.1. The van der Waals surface area contributed by atoms with Crippen LogP contribution in [0.3, 0.4) is 0 Å². The van der Waals surface area contributed by atoms with Crippen LogP contribution in [0.4, 0.5) is 10.6 Å². The number of rotatable bonds is 9. The van der Waals surface area contributed by atoms with Gasteiger partial charge in [0.1, 0.15) is 36.1 Å². The summed E-state index contributed by atoms with van der Waals surface area (Å²) in [5.74, 6) is 1.16. The lowest BCUT2D eigenvalue weighted by Gasteiger charge is -2.40. The highest BCUT2D eigenvalue weighted by Crippen LogP contribution is 2.38. The van der Waals surface area contributed by atoms with Crippen molar-refractivity contribution in [1.82, 2.24) is 19.9 Å². The maximum Gasteiger partial charge on any atom is 0.410 e. The molecule has 49 heavy (non-hydrogen) atoms. The number of nitrogens with zero attached hydrogens (tertiary/aromatic N) is 5. The summed E-state index contributed by atoms with van der Waals surface area (Å²) >= 11 is 6.52. The molecule has 246 valence electrons. The third kappa shape index (κ3) is 6.85. The minimum absolute atomic E-state index is 0.0156. The van der Waals surface area contributed by atoms with Crippen LogP contribution in [0.25, 0.3) is 21.8 Å². The molecule has 1 amide bonds. The second kappa shape index (κ2) is 14.2. The third-order valence-electron chi connectivity index (χ3n) is 8.76. The molecule has 3 heterocycles. The number of aliphatic hydroxyl groups is 1. The van der Waals surface area contributed by atoms with Gasteiger partial charge in [-0.25, -0.2) is 9.78 Å². The van der Waals surface area contributed by atoms with Crippen LogP contribution < -0.4 is 9.64 Å². The second-order valence-corrected chi connectivity index (χ2v) is 12.2. The SMILES string of the molecule is N#CC[C@H]1CN(c2nc(Cl)nc3c(C(O)c4cc(OCc5ccccc5)cc5ccccc45)c[nH]c23)CCN1C(=O)OCc1ccccc1. The van der Waals surface area contributed by atoms with Crippen LogP contribution in [0.5, 0.6) is 5.75 Å². The Morgan fingerprint density at radius 1 is 0.959 bits per heavy atom. The highest BCUT2D eigenvalue weighted by atomic mass is 35.5. The number of amides is 1. The Morgan fingerprint density at radius 2 is 1.67 bits per heavy atom. The van der Waals surface area contributed by atoms with Crippen LogP contribution >= 0.6 is 11.6 Å². The molecule has 1 aliphatic heterocycles. The minimum Gasteiger partial charge on any atom is -0.489 e. The lowest BCUT2D eigenvalue weighted by molar-refractivity contribution is 0.0768. The number of hydrogen-bond donors (Lipinski definition) is 2. The standard InChI is InChI=1S/C38H33ClN6O4/c39-37-42-33-32(35(46)31-20-29(19-27-13-7-8-14-30(27)31)48-23-25-9-3-1-4-10-25)21-41-34(33)36(43-37)44-17-18-45(28(22-44)15-16-40)38(47)49-24-26-11-5-2-6-12-26/h1-14,19-21,28,35,41,46H,15,17-18,22-24H2/t28-,35?/m0/s1. The Morgan fingerprint density at radius 3 is 2.43 bits per heavy atom. The van der Waals surface area contributed by atoms with Crippen molar-refractivity contribution in [2.75, 3.05) is 24.5 Å². The number of nitriles is 1. The molecule has 7 rings (SSSR count). The zero-order valence-electron chi connectivity index (χ0n) is 26.5. The number of aromatic nitrogens is 3. The van der Waals surface area contributed by atoms with Crippen LogP contribution in [0.2, 0.25) is 5.28 Å². The number of ether oxygens (including phenoxy) is 2. The Balaban J connectivity index is 1.16.